The molecule has 6 heteroatoms. The number of fused-ring (bicyclic) bond motifs is 3. The average molecular weight is 361 g/mol. The van der Waals surface area contributed by atoms with Gasteiger partial charge in [0, 0.05) is 17.4 Å². The summed E-state index contributed by atoms with van der Waals surface area (Å²) in [5, 5.41) is 20.1. The van der Waals surface area contributed by atoms with Gasteiger partial charge in [-0.3, -0.25) is 0 Å². The Kier molecular flexibility index (Phi) is 5.12. The van der Waals surface area contributed by atoms with Gasteiger partial charge in [-0.05, 0) is 70.6 Å². The molecule has 1 aromatic carbocycles. The van der Waals surface area contributed by atoms with Crippen LogP contribution in [-0.4, -0.2) is 22.4 Å². The maximum absolute atomic E-state index is 10.7. The van der Waals surface area contributed by atoms with Gasteiger partial charge in [0.1, 0.15) is 17.1 Å². The summed E-state index contributed by atoms with van der Waals surface area (Å²) in [7, 11) is 0. The summed E-state index contributed by atoms with van der Waals surface area (Å²) < 4.78 is 6.30. The molecule has 3 rings (SSSR count). The van der Waals surface area contributed by atoms with Crippen molar-refractivity contribution in [3.05, 3.63) is 45.0 Å². The fourth-order valence-corrected chi connectivity index (χ4v) is 4.33. The number of allylic oxidation sites excluding steroid dienone is 2. The van der Waals surface area contributed by atoms with Crippen molar-refractivity contribution < 1.29 is 19.8 Å². The van der Waals surface area contributed by atoms with Crippen LogP contribution in [0.3, 0.4) is 0 Å². The maximum atomic E-state index is 10.7. The van der Waals surface area contributed by atoms with Crippen LogP contribution in [0.25, 0.3) is 0 Å². The highest BCUT2D eigenvalue weighted by Gasteiger charge is 2.45. The predicted molar refractivity (Wildman–Crippen MR) is 97.9 cm³/mol. The Morgan fingerprint density at radius 3 is 2.88 bits per heavy atom. The first-order valence-electron chi connectivity index (χ1n) is 9.25. The van der Waals surface area contributed by atoms with Gasteiger partial charge < -0.3 is 14.7 Å². The van der Waals surface area contributed by atoms with Crippen molar-refractivity contribution in [1.82, 2.24) is 0 Å². The molecular weight excluding hydrogens is 334 g/mol. The molecule has 0 aromatic heterocycles. The van der Waals surface area contributed by atoms with Gasteiger partial charge in [-0.1, -0.05) is 11.6 Å². The molecule has 6 nitrogen and oxygen atoms in total. The molecule has 0 amide bonds. The first-order valence-corrected chi connectivity index (χ1v) is 9.25. The van der Waals surface area contributed by atoms with E-state index in [4.69, 9.17) is 4.74 Å². The molecule has 2 atom stereocenters. The SMILES string of the molecule is CC1=CC[C@@H]2[C@@H](C1)c1c(O)cc(CCCCO[N+](=O)[O-])cc1OC2(C)C. The van der Waals surface area contributed by atoms with E-state index in [1.807, 2.05) is 12.1 Å². The van der Waals surface area contributed by atoms with Gasteiger partial charge in [-0.25, -0.2) is 0 Å². The Hall–Kier alpha value is -2.24. The Balaban J connectivity index is 1.77. The van der Waals surface area contributed by atoms with Gasteiger partial charge in [-0.2, -0.15) is 0 Å². The van der Waals surface area contributed by atoms with E-state index < -0.39 is 5.09 Å². The maximum Gasteiger partial charge on any atom is 0.294 e. The Morgan fingerprint density at radius 2 is 2.15 bits per heavy atom. The molecule has 0 fully saturated rings. The number of benzene rings is 1. The Morgan fingerprint density at radius 1 is 1.38 bits per heavy atom. The lowest BCUT2D eigenvalue weighted by Gasteiger charge is -2.47. The minimum absolute atomic E-state index is 0.100. The third-order valence-electron chi connectivity index (χ3n) is 5.62. The van der Waals surface area contributed by atoms with Gasteiger partial charge in [0.25, 0.3) is 5.09 Å². The number of hydrogen-bond acceptors (Lipinski definition) is 5. The van der Waals surface area contributed by atoms with Crippen LogP contribution in [0.15, 0.2) is 23.8 Å². The van der Waals surface area contributed by atoms with Crippen molar-refractivity contribution in [2.75, 3.05) is 6.61 Å². The number of hydrogen-bond donors (Lipinski definition) is 1. The third kappa shape index (κ3) is 3.79. The Labute approximate surface area is 153 Å². The van der Waals surface area contributed by atoms with E-state index in [1.54, 1.807) is 0 Å². The molecule has 1 aromatic rings. The summed E-state index contributed by atoms with van der Waals surface area (Å²) in [6.45, 7) is 6.50. The summed E-state index contributed by atoms with van der Waals surface area (Å²) >= 11 is 0. The fourth-order valence-electron chi connectivity index (χ4n) is 4.33. The summed E-state index contributed by atoms with van der Waals surface area (Å²) in [6.07, 6.45) is 6.29. The number of rotatable bonds is 6. The van der Waals surface area contributed by atoms with E-state index in [0.29, 0.717) is 18.1 Å². The van der Waals surface area contributed by atoms with Crippen molar-refractivity contribution in [1.29, 1.82) is 0 Å². The van der Waals surface area contributed by atoms with E-state index in [9.17, 15) is 15.2 Å². The zero-order valence-electron chi connectivity index (χ0n) is 15.7. The monoisotopic (exact) mass is 361 g/mol. The van der Waals surface area contributed by atoms with E-state index in [1.165, 1.54) is 5.57 Å². The molecule has 0 saturated carbocycles. The molecular formula is C20H27NO5. The van der Waals surface area contributed by atoms with Crippen molar-refractivity contribution in [2.24, 2.45) is 5.92 Å². The van der Waals surface area contributed by atoms with E-state index in [-0.39, 0.29) is 18.1 Å². The molecule has 0 unspecified atom stereocenters. The van der Waals surface area contributed by atoms with Crippen LogP contribution in [-0.2, 0) is 11.3 Å². The van der Waals surface area contributed by atoms with Crippen molar-refractivity contribution in [3.8, 4) is 11.5 Å². The zero-order chi connectivity index (χ0) is 18.9. The van der Waals surface area contributed by atoms with E-state index >= 15 is 0 Å². The first-order chi connectivity index (χ1) is 12.3. The van der Waals surface area contributed by atoms with Gasteiger partial charge >= 0.3 is 0 Å². The molecule has 1 aliphatic heterocycles. The molecule has 2 aliphatic rings. The molecule has 26 heavy (non-hydrogen) atoms. The second-order valence-corrected chi connectivity index (χ2v) is 7.95. The second-order valence-electron chi connectivity index (χ2n) is 7.95. The zero-order valence-corrected chi connectivity index (χ0v) is 15.7. The fraction of sp³-hybridized carbons (Fsp3) is 0.600. The highest BCUT2D eigenvalue weighted by Crippen LogP contribution is 2.54. The molecule has 1 N–H and O–H groups in total. The number of phenolic OH excluding ortho intramolecular Hbond substituents is 1. The second kappa shape index (κ2) is 7.17. The van der Waals surface area contributed by atoms with Crippen molar-refractivity contribution >= 4 is 0 Å². The summed E-state index contributed by atoms with van der Waals surface area (Å²) in [4.78, 5) is 14.5. The summed E-state index contributed by atoms with van der Waals surface area (Å²) in [5.74, 6) is 1.72. The lowest BCUT2D eigenvalue weighted by Crippen LogP contribution is -2.45. The third-order valence-corrected chi connectivity index (χ3v) is 5.62. The van der Waals surface area contributed by atoms with Gasteiger partial charge in [0.2, 0.25) is 0 Å². The normalized spacial score (nSPS) is 23.3. The highest BCUT2D eigenvalue weighted by molar-refractivity contribution is 5.52. The number of unbranched alkanes of at least 4 members (excludes halogenated alkanes) is 1. The molecule has 0 spiro atoms. The van der Waals surface area contributed by atoms with Crippen LogP contribution in [0.5, 0.6) is 11.5 Å². The number of ether oxygens (including phenoxy) is 1. The molecule has 0 saturated heterocycles. The lowest BCUT2D eigenvalue weighted by molar-refractivity contribution is -0.757. The molecule has 0 bridgehead atoms. The van der Waals surface area contributed by atoms with Crippen LogP contribution in [0, 0.1) is 16.0 Å². The van der Waals surface area contributed by atoms with Crippen LogP contribution in [0.2, 0.25) is 0 Å². The minimum Gasteiger partial charge on any atom is -0.508 e. The predicted octanol–water partition coefficient (Wildman–Crippen LogP) is 4.53. The highest BCUT2D eigenvalue weighted by atomic mass is 16.9. The van der Waals surface area contributed by atoms with Gasteiger partial charge in [-0.15, -0.1) is 10.1 Å². The molecule has 0 radical (unpaired) electrons. The number of nitrogens with zero attached hydrogens (tertiary/aromatic N) is 1. The summed E-state index contributed by atoms with van der Waals surface area (Å²) in [6, 6.07) is 3.84. The molecule has 1 heterocycles. The Bertz CT molecular complexity index is 725. The standard InChI is InChI=1S/C20H27NO5/c1-13-7-8-16-15(10-13)19-17(22)11-14(6-4-5-9-25-21(23)24)12-18(19)26-20(16,2)3/h7,11-12,15-16,22H,4-6,8-10H2,1-3H3/t15-,16-/m1/s1. The van der Waals surface area contributed by atoms with Gasteiger partial charge in [0.05, 0.1) is 6.61 Å². The van der Waals surface area contributed by atoms with Crippen LogP contribution >= 0.6 is 0 Å². The van der Waals surface area contributed by atoms with Crippen molar-refractivity contribution in [2.45, 2.75) is 64.4 Å². The van der Waals surface area contributed by atoms with Crippen molar-refractivity contribution in [3.63, 3.8) is 0 Å². The average Bonchev–Trinajstić information content (AvgIpc) is 2.52. The largest absolute Gasteiger partial charge is 0.508 e. The quantitative estimate of drug-likeness (QED) is 0.348. The lowest BCUT2D eigenvalue weighted by atomic mass is 9.67. The number of aromatic hydroxyl groups is 1. The topological polar surface area (TPSA) is 81.8 Å². The van der Waals surface area contributed by atoms with Crippen LogP contribution in [0.4, 0.5) is 0 Å². The number of phenols is 1. The van der Waals surface area contributed by atoms with Crippen LogP contribution in [0.1, 0.15) is 63.5 Å². The smallest absolute Gasteiger partial charge is 0.294 e. The molecule has 142 valence electrons. The van der Waals surface area contributed by atoms with E-state index in [2.05, 4.69) is 31.7 Å². The summed E-state index contributed by atoms with van der Waals surface area (Å²) in [5.41, 5.74) is 3.01. The van der Waals surface area contributed by atoms with Gasteiger partial charge in [0.15, 0.2) is 0 Å². The minimum atomic E-state index is -0.766. The first kappa shape index (κ1) is 18.5. The van der Waals surface area contributed by atoms with Crippen LogP contribution < -0.4 is 4.74 Å². The molecule has 1 aliphatic carbocycles. The van der Waals surface area contributed by atoms with E-state index in [0.717, 1.165) is 42.6 Å². The number of aryl methyl sites for hydroxylation is 1.